The average Bonchev–Trinajstić information content (AvgIpc) is 3.21. The highest BCUT2D eigenvalue weighted by atomic mass is 16.5. The second-order valence-corrected chi connectivity index (χ2v) is 6.65. The molecule has 0 N–H and O–H groups in total. The highest BCUT2D eigenvalue weighted by molar-refractivity contribution is 6.21. The van der Waals surface area contributed by atoms with E-state index in [0.717, 1.165) is 0 Å². The topological polar surface area (TPSA) is 131 Å². The lowest BCUT2D eigenvalue weighted by atomic mass is 9.98. The summed E-state index contributed by atoms with van der Waals surface area (Å²) < 4.78 is 32.8. The smallest absolute Gasteiger partial charge is 0.350 e. The van der Waals surface area contributed by atoms with E-state index < -0.39 is 22.5 Å². The van der Waals surface area contributed by atoms with Crippen LogP contribution in [0.4, 0.5) is 0 Å². The molecule has 0 unspecified atom stereocenters. The first-order chi connectivity index (χ1) is 15.4. The van der Waals surface area contributed by atoms with Crippen molar-refractivity contribution in [1.82, 2.24) is 0 Å². The van der Waals surface area contributed by atoms with Crippen LogP contribution in [0.5, 0.6) is 23.0 Å². The molecule has 0 radical (unpaired) electrons. The maximum Gasteiger partial charge on any atom is 0.350 e. The van der Waals surface area contributed by atoms with Gasteiger partial charge in [0.25, 0.3) is 0 Å². The van der Waals surface area contributed by atoms with Crippen LogP contribution in [0.1, 0.15) is 27.7 Å². The summed E-state index contributed by atoms with van der Waals surface area (Å²) in [4.78, 5) is 50.4. The van der Waals surface area contributed by atoms with Gasteiger partial charge < -0.3 is 27.8 Å². The summed E-state index contributed by atoms with van der Waals surface area (Å²) in [6.07, 6.45) is 0. The number of hydrogen-bond acceptors (Lipinski definition) is 10. The summed E-state index contributed by atoms with van der Waals surface area (Å²) in [6, 6.07) is 0. The minimum atomic E-state index is -0.920. The second kappa shape index (κ2) is 8.03. The summed E-state index contributed by atoms with van der Waals surface area (Å²) in [5.41, 5.74) is -3.68. The van der Waals surface area contributed by atoms with Crippen LogP contribution < -0.4 is 41.4 Å². The van der Waals surface area contributed by atoms with E-state index in [1.807, 2.05) is 0 Å². The van der Waals surface area contributed by atoms with Gasteiger partial charge in [0.1, 0.15) is 44.5 Å². The Balaban J connectivity index is 2.50. The van der Waals surface area contributed by atoms with E-state index in [4.69, 9.17) is 27.8 Å². The molecule has 0 spiro atoms. The molecule has 10 nitrogen and oxygen atoms in total. The van der Waals surface area contributed by atoms with Crippen molar-refractivity contribution in [1.29, 1.82) is 0 Å². The molecule has 0 atom stereocenters. The number of fused-ring (bicyclic) bond motifs is 3. The molecule has 0 fully saturated rings. The Morgan fingerprint density at radius 2 is 0.656 bits per heavy atom. The maximum absolute atomic E-state index is 12.6. The van der Waals surface area contributed by atoms with Crippen LogP contribution >= 0.6 is 0 Å². The van der Waals surface area contributed by atoms with Crippen molar-refractivity contribution in [3.63, 3.8) is 0 Å². The second-order valence-electron chi connectivity index (χ2n) is 6.65. The van der Waals surface area contributed by atoms with Crippen LogP contribution in [0.25, 0.3) is 32.3 Å². The van der Waals surface area contributed by atoms with Crippen LogP contribution in [0.15, 0.2) is 28.0 Å². The van der Waals surface area contributed by atoms with Gasteiger partial charge in [0.15, 0.2) is 0 Å². The predicted octanol–water partition coefficient (Wildman–Crippen LogP) is 2.24. The van der Waals surface area contributed by atoms with Gasteiger partial charge in [-0.3, -0.25) is 0 Å². The Morgan fingerprint density at radius 3 is 0.844 bits per heavy atom. The molecular weight excluding hydrogens is 424 g/mol. The molecule has 0 aliphatic carbocycles. The SMILES string of the molecule is CCOc1c2c(OCC)c3c(=O)oc(=O)c3c(OCC)c2c(OCC)c2c(=O)oc(=O)c12. The Kier molecular flexibility index (Phi) is 5.37. The average molecular weight is 444 g/mol. The van der Waals surface area contributed by atoms with E-state index >= 15 is 0 Å². The molecule has 2 aromatic carbocycles. The van der Waals surface area contributed by atoms with Crippen LogP contribution in [-0.2, 0) is 0 Å². The lowest BCUT2D eigenvalue weighted by molar-refractivity contribution is 0.327. The molecule has 0 aliphatic heterocycles. The Morgan fingerprint density at radius 1 is 0.438 bits per heavy atom. The molecule has 32 heavy (non-hydrogen) atoms. The zero-order valence-electron chi connectivity index (χ0n) is 17.9. The molecule has 4 rings (SSSR count). The van der Waals surface area contributed by atoms with Crippen LogP contribution in [0, 0.1) is 0 Å². The Bertz CT molecular complexity index is 1320. The van der Waals surface area contributed by atoms with Gasteiger partial charge in [0.2, 0.25) is 0 Å². The number of ether oxygens (including phenoxy) is 4. The number of benzene rings is 2. The van der Waals surface area contributed by atoms with Crippen molar-refractivity contribution < 1.29 is 27.8 Å². The molecule has 4 aromatic rings. The molecule has 2 aromatic heterocycles. The molecule has 0 saturated heterocycles. The summed E-state index contributed by atoms with van der Waals surface area (Å²) in [5.74, 6) is -0.125. The van der Waals surface area contributed by atoms with E-state index in [-0.39, 0.29) is 81.7 Å². The van der Waals surface area contributed by atoms with Gasteiger partial charge in [-0.1, -0.05) is 0 Å². The number of furan rings is 2. The standard InChI is InChI=1S/C22H20O10/c1-5-27-15-9-10(17(29-7-3)12-11(15)19(23)31-20(12)24)18(30-8-4)14-13(16(9)28-6-2)21(25)32-22(14)26/h5-8H2,1-4H3. The molecule has 0 aliphatic rings. The van der Waals surface area contributed by atoms with Gasteiger partial charge in [-0.2, -0.15) is 0 Å². The summed E-state index contributed by atoms with van der Waals surface area (Å²) >= 11 is 0. The predicted molar refractivity (Wildman–Crippen MR) is 116 cm³/mol. The molecule has 2 heterocycles. The van der Waals surface area contributed by atoms with Crippen LogP contribution in [0.3, 0.4) is 0 Å². The van der Waals surface area contributed by atoms with E-state index in [2.05, 4.69) is 0 Å². The zero-order valence-corrected chi connectivity index (χ0v) is 17.9. The van der Waals surface area contributed by atoms with Crippen molar-refractivity contribution in [3.8, 4) is 23.0 Å². The number of hydrogen-bond donors (Lipinski definition) is 0. The largest absolute Gasteiger partial charge is 0.492 e. The summed E-state index contributed by atoms with van der Waals surface area (Å²) in [6.45, 7) is 7.22. The molecule has 0 amide bonds. The minimum Gasteiger partial charge on any atom is -0.492 e. The highest BCUT2D eigenvalue weighted by Gasteiger charge is 2.33. The Hall–Kier alpha value is -3.82. The first-order valence-electron chi connectivity index (χ1n) is 10.2. The first kappa shape index (κ1) is 21.4. The van der Waals surface area contributed by atoms with Gasteiger partial charge in [-0.25, -0.2) is 19.2 Å². The normalized spacial score (nSPS) is 11.5. The molecule has 10 heteroatoms. The molecular formula is C22H20O10. The molecule has 0 saturated carbocycles. The fourth-order valence-electron chi connectivity index (χ4n) is 3.92. The van der Waals surface area contributed by atoms with Crippen molar-refractivity contribution in [2.24, 2.45) is 0 Å². The summed E-state index contributed by atoms with van der Waals surface area (Å²) in [5, 5.41) is -0.279. The third kappa shape index (κ3) is 2.86. The van der Waals surface area contributed by atoms with Crippen molar-refractivity contribution in [2.45, 2.75) is 27.7 Å². The van der Waals surface area contributed by atoms with Gasteiger partial charge in [-0.15, -0.1) is 0 Å². The molecule has 168 valence electrons. The Labute approximate surface area is 179 Å². The van der Waals surface area contributed by atoms with Gasteiger partial charge in [-0.05, 0) is 27.7 Å². The minimum absolute atomic E-state index is 0.0313. The fourth-order valence-corrected chi connectivity index (χ4v) is 3.92. The van der Waals surface area contributed by atoms with E-state index in [0.29, 0.717) is 0 Å². The molecule has 0 bridgehead atoms. The monoisotopic (exact) mass is 444 g/mol. The van der Waals surface area contributed by atoms with Crippen LogP contribution in [0.2, 0.25) is 0 Å². The third-order valence-corrected chi connectivity index (χ3v) is 4.91. The third-order valence-electron chi connectivity index (χ3n) is 4.91. The fraction of sp³-hybridized carbons (Fsp3) is 0.364. The van der Waals surface area contributed by atoms with E-state index in [9.17, 15) is 19.2 Å². The first-order valence-corrected chi connectivity index (χ1v) is 10.2. The zero-order chi connectivity index (χ0) is 23.2. The van der Waals surface area contributed by atoms with Gasteiger partial charge >= 0.3 is 22.5 Å². The van der Waals surface area contributed by atoms with E-state index in [1.54, 1.807) is 27.7 Å². The van der Waals surface area contributed by atoms with Crippen molar-refractivity contribution in [2.75, 3.05) is 26.4 Å². The lowest BCUT2D eigenvalue weighted by Gasteiger charge is -2.19. The highest BCUT2D eigenvalue weighted by Crippen LogP contribution is 2.51. The summed E-state index contributed by atoms with van der Waals surface area (Å²) in [7, 11) is 0. The lowest BCUT2D eigenvalue weighted by Crippen LogP contribution is -2.08. The van der Waals surface area contributed by atoms with Crippen molar-refractivity contribution >= 4 is 32.3 Å². The van der Waals surface area contributed by atoms with E-state index in [1.165, 1.54) is 0 Å². The maximum atomic E-state index is 12.6. The quantitative estimate of drug-likeness (QED) is 0.398. The van der Waals surface area contributed by atoms with Gasteiger partial charge in [0, 0.05) is 0 Å². The van der Waals surface area contributed by atoms with Crippen molar-refractivity contribution in [3.05, 3.63) is 41.7 Å². The van der Waals surface area contributed by atoms with Gasteiger partial charge in [0.05, 0.1) is 37.2 Å². The van der Waals surface area contributed by atoms with Crippen LogP contribution in [-0.4, -0.2) is 26.4 Å². The number of rotatable bonds is 8.